The number of carbonyl (C=O) groups is 1. The molecule has 1 aromatic carbocycles. The number of carbonyl (C=O) groups excluding carboxylic acids is 1. The van der Waals surface area contributed by atoms with Gasteiger partial charge >= 0.3 is 0 Å². The largest absolute Gasteiger partial charge is 0.330 e. The van der Waals surface area contributed by atoms with Gasteiger partial charge in [-0.1, -0.05) is 17.7 Å². The lowest BCUT2D eigenvalue weighted by Crippen LogP contribution is -2.42. The van der Waals surface area contributed by atoms with Crippen LogP contribution in [0.4, 0.5) is 5.69 Å². The van der Waals surface area contributed by atoms with Crippen molar-refractivity contribution in [3.05, 3.63) is 40.6 Å². The molecule has 3 rings (SSSR count). The van der Waals surface area contributed by atoms with E-state index in [-0.39, 0.29) is 11.9 Å². The van der Waals surface area contributed by atoms with Crippen LogP contribution < -0.4 is 16.1 Å². The molecule has 0 saturated heterocycles. The van der Waals surface area contributed by atoms with Crippen LogP contribution >= 0.6 is 0 Å². The van der Waals surface area contributed by atoms with Crippen LogP contribution in [0.2, 0.25) is 0 Å². The molecular weight excluding hydrogens is 264 g/mol. The summed E-state index contributed by atoms with van der Waals surface area (Å²) in [6.07, 6.45) is 0.805. The fourth-order valence-corrected chi connectivity index (χ4v) is 3.29. The van der Waals surface area contributed by atoms with Crippen molar-refractivity contribution >= 4 is 11.6 Å². The van der Waals surface area contributed by atoms with Crippen molar-refractivity contribution < 1.29 is 4.79 Å². The second kappa shape index (κ2) is 5.16. The smallest absolute Gasteiger partial charge is 0.258 e. The Labute approximate surface area is 125 Å². The highest BCUT2D eigenvalue weighted by Gasteiger charge is 2.42. The number of aryl methyl sites for hydroxylation is 1. The van der Waals surface area contributed by atoms with E-state index in [1.165, 1.54) is 11.1 Å². The van der Waals surface area contributed by atoms with Gasteiger partial charge in [-0.05, 0) is 38.4 Å². The van der Waals surface area contributed by atoms with E-state index in [0.717, 1.165) is 23.4 Å². The summed E-state index contributed by atoms with van der Waals surface area (Å²) in [5.74, 6) is 0.0964. The van der Waals surface area contributed by atoms with Crippen molar-refractivity contribution in [1.29, 1.82) is 0 Å². The molecule has 0 aliphatic carbocycles. The Morgan fingerprint density at radius 2 is 2.10 bits per heavy atom. The number of hydrazine groups is 1. The standard InChI is InChI=1S/C16H22N4O/c1-10-5-6-13-12(9-10)15-14(11(2)18-19(15)3)16(21)20(13)8-4-7-17/h5-6,9,15,18H,4,7-8,17H2,1-3H3. The van der Waals surface area contributed by atoms with Gasteiger partial charge in [0.1, 0.15) is 0 Å². The second-order valence-corrected chi connectivity index (χ2v) is 5.83. The number of nitrogens with zero attached hydrogens (tertiary/aromatic N) is 2. The van der Waals surface area contributed by atoms with Gasteiger partial charge in [0.25, 0.3) is 5.91 Å². The summed E-state index contributed by atoms with van der Waals surface area (Å²) in [4.78, 5) is 14.7. The molecule has 2 heterocycles. The molecule has 1 atom stereocenters. The number of likely N-dealkylation sites (N-methyl/N-ethyl adjacent to an activating group) is 1. The lowest BCUT2D eigenvalue weighted by atomic mass is 9.89. The zero-order valence-electron chi connectivity index (χ0n) is 12.8. The lowest BCUT2D eigenvalue weighted by Gasteiger charge is -2.36. The minimum Gasteiger partial charge on any atom is -0.330 e. The van der Waals surface area contributed by atoms with Crippen molar-refractivity contribution in [2.45, 2.75) is 26.3 Å². The molecule has 3 N–H and O–H groups in total. The summed E-state index contributed by atoms with van der Waals surface area (Å²) in [7, 11) is 1.98. The zero-order chi connectivity index (χ0) is 15.1. The number of anilines is 1. The van der Waals surface area contributed by atoms with Crippen LogP contribution in [0.1, 0.15) is 30.5 Å². The first kappa shape index (κ1) is 14.1. The van der Waals surface area contributed by atoms with Gasteiger partial charge in [0.2, 0.25) is 0 Å². The van der Waals surface area contributed by atoms with Crippen LogP contribution in [0.25, 0.3) is 0 Å². The van der Waals surface area contributed by atoms with Gasteiger partial charge in [0.15, 0.2) is 0 Å². The van der Waals surface area contributed by atoms with E-state index in [4.69, 9.17) is 5.73 Å². The number of allylic oxidation sites excluding steroid dienone is 1. The number of hydrogen-bond donors (Lipinski definition) is 2. The lowest BCUT2D eigenvalue weighted by molar-refractivity contribution is -0.116. The summed E-state index contributed by atoms with van der Waals surface area (Å²) >= 11 is 0. The van der Waals surface area contributed by atoms with Crippen molar-refractivity contribution in [2.24, 2.45) is 5.73 Å². The molecule has 0 saturated carbocycles. The number of hydrogen-bond acceptors (Lipinski definition) is 4. The molecule has 0 radical (unpaired) electrons. The quantitative estimate of drug-likeness (QED) is 0.883. The molecule has 2 aliphatic rings. The van der Waals surface area contributed by atoms with E-state index in [2.05, 4.69) is 30.5 Å². The van der Waals surface area contributed by atoms with E-state index in [0.29, 0.717) is 13.1 Å². The normalized spacial score (nSPS) is 21.4. The van der Waals surface area contributed by atoms with Crippen molar-refractivity contribution in [1.82, 2.24) is 10.4 Å². The Bertz CT molecular complexity index is 623. The summed E-state index contributed by atoms with van der Waals surface area (Å²) in [5.41, 5.74) is 14.1. The van der Waals surface area contributed by atoms with E-state index >= 15 is 0 Å². The molecule has 1 aromatic rings. The minimum absolute atomic E-state index is 0.00141. The minimum atomic E-state index is 0.00141. The molecule has 21 heavy (non-hydrogen) atoms. The molecule has 1 unspecified atom stereocenters. The first-order valence-electron chi connectivity index (χ1n) is 7.37. The third-order valence-corrected chi connectivity index (χ3v) is 4.24. The number of fused-ring (bicyclic) bond motifs is 3. The van der Waals surface area contributed by atoms with Gasteiger partial charge in [0.05, 0.1) is 11.6 Å². The predicted molar refractivity (Wildman–Crippen MR) is 83.5 cm³/mol. The second-order valence-electron chi connectivity index (χ2n) is 5.83. The van der Waals surface area contributed by atoms with Gasteiger partial charge in [-0.2, -0.15) is 0 Å². The van der Waals surface area contributed by atoms with Gasteiger partial charge < -0.3 is 16.1 Å². The topological polar surface area (TPSA) is 61.6 Å². The van der Waals surface area contributed by atoms with E-state index in [9.17, 15) is 4.79 Å². The number of benzene rings is 1. The molecule has 5 nitrogen and oxygen atoms in total. The molecule has 0 spiro atoms. The van der Waals surface area contributed by atoms with Crippen LogP contribution in [-0.4, -0.2) is 31.1 Å². The Morgan fingerprint density at radius 3 is 2.81 bits per heavy atom. The summed E-state index contributed by atoms with van der Waals surface area (Å²) in [6.45, 7) is 5.30. The molecule has 1 amide bonds. The maximum atomic E-state index is 12.9. The van der Waals surface area contributed by atoms with Crippen molar-refractivity contribution in [3.63, 3.8) is 0 Å². The highest BCUT2D eigenvalue weighted by atomic mass is 16.2. The first-order chi connectivity index (χ1) is 10.0. The summed E-state index contributed by atoms with van der Waals surface area (Å²) in [5, 5.41) is 2.01. The molecular formula is C16H22N4O. The van der Waals surface area contributed by atoms with Crippen LogP contribution in [0.5, 0.6) is 0 Å². The fourth-order valence-electron chi connectivity index (χ4n) is 3.29. The Kier molecular flexibility index (Phi) is 3.47. The third-order valence-electron chi connectivity index (χ3n) is 4.24. The van der Waals surface area contributed by atoms with Crippen LogP contribution in [0.3, 0.4) is 0 Å². The molecule has 112 valence electrons. The number of nitrogens with two attached hydrogens (primary N) is 1. The summed E-state index contributed by atoms with van der Waals surface area (Å²) in [6, 6.07) is 6.29. The van der Waals surface area contributed by atoms with E-state index in [1.807, 2.05) is 23.9 Å². The molecule has 0 fully saturated rings. The van der Waals surface area contributed by atoms with E-state index < -0.39 is 0 Å². The van der Waals surface area contributed by atoms with Gasteiger partial charge in [-0.15, -0.1) is 0 Å². The molecule has 0 aromatic heterocycles. The van der Waals surface area contributed by atoms with Gasteiger partial charge in [-0.3, -0.25) is 4.79 Å². The molecule has 0 bridgehead atoms. The molecule has 2 aliphatic heterocycles. The van der Waals surface area contributed by atoms with Gasteiger partial charge in [0, 0.05) is 25.0 Å². The van der Waals surface area contributed by atoms with Crippen LogP contribution in [0.15, 0.2) is 29.5 Å². The average Bonchev–Trinajstić information content (AvgIpc) is 2.74. The third kappa shape index (κ3) is 2.13. The summed E-state index contributed by atoms with van der Waals surface area (Å²) < 4.78 is 0. The monoisotopic (exact) mass is 286 g/mol. The van der Waals surface area contributed by atoms with Gasteiger partial charge in [-0.25, -0.2) is 5.01 Å². The zero-order valence-corrected chi connectivity index (χ0v) is 12.8. The fraction of sp³-hybridized carbons (Fsp3) is 0.438. The predicted octanol–water partition coefficient (Wildman–Crippen LogP) is 1.46. The number of rotatable bonds is 3. The maximum Gasteiger partial charge on any atom is 0.258 e. The average molecular weight is 286 g/mol. The number of amides is 1. The van der Waals surface area contributed by atoms with Crippen LogP contribution in [-0.2, 0) is 4.79 Å². The van der Waals surface area contributed by atoms with Crippen molar-refractivity contribution in [2.75, 3.05) is 25.0 Å². The Balaban J connectivity index is 2.14. The highest BCUT2D eigenvalue weighted by molar-refractivity contribution is 6.10. The van der Waals surface area contributed by atoms with Crippen molar-refractivity contribution in [3.8, 4) is 0 Å². The SMILES string of the molecule is CC1=C2C(=O)N(CCCN)c3ccc(C)cc3C2N(C)N1. The molecule has 5 heteroatoms. The maximum absolute atomic E-state index is 12.9. The Hall–Kier alpha value is -1.85. The van der Waals surface area contributed by atoms with E-state index in [1.54, 1.807) is 0 Å². The highest BCUT2D eigenvalue weighted by Crippen LogP contribution is 2.44. The van der Waals surface area contributed by atoms with Crippen LogP contribution in [0, 0.1) is 6.92 Å². The first-order valence-corrected chi connectivity index (χ1v) is 7.37. The Morgan fingerprint density at radius 1 is 1.33 bits per heavy atom. The number of nitrogens with one attached hydrogen (secondary N) is 1.